The van der Waals surface area contributed by atoms with E-state index < -0.39 is 12.2 Å². The molecule has 4 rings (SSSR count). The van der Waals surface area contributed by atoms with Crippen LogP contribution in [0.3, 0.4) is 0 Å². The molecular weight excluding hydrogens is 470 g/mol. The van der Waals surface area contributed by atoms with Gasteiger partial charge in [0.2, 0.25) is 0 Å². The SMILES string of the molecule is CN(c1c(C#N)c(=O)n(C)c2ccc(C#N)nc12)C1CCC(/C(=N/OC(F)F)c2cnccn2)CC1. The number of aromatic nitrogens is 4. The van der Waals surface area contributed by atoms with Gasteiger partial charge in [-0.15, -0.1) is 0 Å². The van der Waals surface area contributed by atoms with Crippen LogP contribution in [0.5, 0.6) is 0 Å². The van der Waals surface area contributed by atoms with Gasteiger partial charge in [-0.3, -0.25) is 14.8 Å². The van der Waals surface area contributed by atoms with E-state index in [9.17, 15) is 24.1 Å². The zero-order chi connectivity index (χ0) is 25.8. The number of alkyl halides is 2. The van der Waals surface area contributed by atoms with Gasteiger partial charge in [-0.25, -0.2) is 4.98 Å². The van der Waals surface area contributed by atoms with Crippen molar-refractivity contribution in [1.82, 2.24) is 19.5 Å². The zero-order valence-corrected chi connectivity index (χ0v) is 19.6. The Balaban J connectivity index is 1.65. The van der Waals surface area contributed by atoms with Gasteiger partial charge in [0, 0.05) is 38.4 Å². The van der Waals surface area contributed by atoms with E-state index in [1.165, 1.54) is 29.2 Å². The summed E-state index contributed by atoms with van der Waals surface area (Å²) in [6.07, 6.45) is 6.79. The first-order chi connectivity index (χ1) is 17.3. The fourth-order valence-corrected chi connectivity index (χ4v) is 4.68. The molecule has 1 aliphatic carbocycles. The fourth-order valence-electron chi connectivity index (χ4n) is 4.68. The number of pyridine rings is 2. The molecule has 0 atom stereocenters. The highest BCUT2D eigenvalue weighted by Crippen LogP contribution is 2.35. The van der Waals surface area contributed by atoms with Crippen LogP contribution in [-0.4, -0.2) is 44.9 Å². The Kier molecular flexibility index (Phi) is 7.15. The summed E-state index contributed by atoms with van der Waals surface area (Å²) in [5.74, 6) is -0.191. The second kappa shape index (κ2) is 10.4. The van der Waals surface area contributed by atoms with Gasteiger partial charge in [0.1, 0.15) is 40.3 Å². The van der Waals surface area contributed by atoms with Gasteiger partial charge in [-0.1, -0.05) is 5.16 Å². The van der Waals surface area contributed by atoms with Crippen molar-refractivity contribution in [3.63, 3.8) is 0 Å². The molecule has 0 saturated heterocycles. The van der Waals surface area contributed by atoms with Crippen molar-refractivity contribution in [2.24, 2.45) is 18.1 Å². The summed E-state index contributed by atoms with van der Waals surface area (Å²) in [7, 11) is 3.35. The monoisotopic (exact) mass is 492 g/mol. The summed E-state index contributed by atoms with van der Waals surface area (Å²) < 4.78 is 26.7. The van der Waals surface area contributed by atoms with Crippen LogP contribution in [0.1, 0.15) is 42.6 Å². The molecule has 0 N–H and O–H groups in total. The van der Waals surface area contributed by atoms with E-state index in [1.54, 1.807) is 20.2 Å². The van der Waals surface area contributed by atoms with E-state index in [1.807, 2.05) is 17.0 Å². The van der Waals surface area contributed by atoms with Crippen molar-refractivity contribution in [3.05, 3.63) is 58.0 Å². The quantitative estimate of drug-likeness (QED) is 0.379. The molecule has 10 nitrogen and oxygen atoms in total. The van der Waals surface area contributed by atoms with Crippen LogP contribution in [0.4, 0.5) is 14.5 Å². The maximum absolute atomic E-state index is 12.9. The van der Waals surface area contributed by atoms with Gasteiger partial charge >= 0.3 is 6.61 Å². The summed E-state index contributed by atoms with van der Waals surface area (Å²) in [5.41, 5.74) is 1.62. The van der Waals surface area contributed by atoms with E-state index in [4.69, 9.17) is 0 Å². The Hall–Kier alpha value is -4.45. The summed E-state index contributed by atoms with van der Waals surface area (Å²) in [6.45, 7) is -3.05. The van der Waals surface area contributed by atoms with Gasteiger partial charge in [-0.2, -0.15) is 19.3 Å². The topological polar surface area (TPSA) is 133 Å². The lowest BCUT2D eigenvalue weighted by molar-refractivity contribution is -0.128. The third kappa shape index (κ3) is 4.70. The van der Waals surface area contributed by atoms with Crippen molar-refractivity contribution in [2.75, 3.05) is 11.9 Å². The molecule has 3 aromatic rings. The molecular formula is C24H22F2N8O2. The van der Waals surface area contributed by atoms with E-state index in [0.29, 0.717) is 53.8 Å². The minimum absolute atomic E-state index is 0.0515. The van der Waals surface area contributed by atoms with Crippen LogP contribution in [0, 0.1) is 28.6 Å². The summed E-state index contributed by atoms with van der Waals surface area (Å²) in [4.78, 5) is 31.6. The lowest BCUT2D eigenvalue weighted by atomic mass is 9.81. The number of hydrogen-bond donors (Lipinski definition) is 0. The second-order valence-corrected chi connectivity index (χ2v) is 8.43. The minimum Gasteiger partial charge on any atom is -0.369 e. The van der Waals surface area contributed by atoms with E-state index >= 15 is 0 Å². The van der Waals surface area contributed by atoms with Crippen molar-refractivity contribution in [1.29, 1.82) is 10.5 Å². The molecule has 3 aromatic heterocycles. The van der Waals surface area contributed by atoms with E-state index in [2.05, 4.69) is 24.9 Å². The fraction of sp³-hybridized carbons (Fsp3) is 0.375. The number of hydrogen-bond acceptors (Lipinski definition) is 9. The van der Waals surface area contributed by atoms with Crippen LogP contribution >= 0.6 is 0 Å². The number of halogens is 2. The molecule has 1 fully saturated rings. The zero-order valence-electron chi connectivity index (χ0n) is 19.6. The van der Waals surface area contributed by atoms with Crippen LogP contribution in [0.15, 0.2) is 40.7 Å². The molecule has 0 bridgehead atoms. The van der Waals surface area contributed by atoms with Gasteiger partial charge in [0.15, 0.2) is 0 Å². The lowest BCUT2D eigenvalue weighted by Crippen LogP contribution is -2.39. The Morgan fingerprint density at radius 1 is 1.22 bits per heavy atom. The molecule has 1 saturated carbocycles. The summed E-state index contributed by atoms with van der Waals surface area (Å²) in [6, 6.07) is 7.11. The summed E-state index contributed by atoms with van der Waals surface area (Å²) in [5, 5.41) is 22.8. The van der Waals surface area contributed by atoms with Gasteiger partial charge in [0.25, 0.3) is 5.56 Å². The van der Waals surface area contributed by atoms with Gasteiger partial charge < -0.3 is 14.3 Å². The molecule has 12 heteroatoms. The normalized spacial score (nSPS) is 18.0. The molecule has 0 aliphatic heterocycles. The minimum atomic E-state index is -3.05. The maximum atomic E-state index is 12.9. The molecule has 0 aromatic carbocycles. The Morgan fingerprint density at radius 3 is 2.58 bits per heavy atom. The highest BCUT2D eigenvalue weighted by molar-refractivity contribution is 6.00. The van der Waals surface area contributed by atoms with Crippen LogP contribution in [-0.2, 0) is 11.9 Å². The third-order valence-corrected chi connectivity index (χ3v) is 6.48. The average molecular weight is 492 g/mol. The maximum Gasteiger partial charge on any atom is 0.407 e. The molecule has 0 unspecified atom stereocenters. The highest BCUT2D eigenvalue weighted by Gasteiger charge is 2.31. The standard InChI is InChI=1S/C24H22F2N8O2/c1-33(22-17(12-28)23(35)34(2)19-8-5-15(11-27)31-21(19)22)16-6-3-14(4-7-16)20(32-36-24(25)26)18-13-29-9-10-30-18/h5,8-10,13-14,16,24H,3-4,6-7H2,1-2H3/b32-20-. The lowest BCUT2D eigenvalue weighted by Gasteiger charge is -2.36. The summed E-state index contributed by atoms with van der Waals surface area (Å²) >= 11 is 0. The van der Waals surface area contributed by atoms with Crippen LogP contribution in [0.25, 0.3) is 11.0 Å². The molecule has 36 heavy (non-hydrogen) atoms. The number of fused-ring (bicyclic) bond motifs is 1. The number of anilines is 1. The predicted octanol–water partition coefficient (Wildman–Crippen LogP) is 3.11. The molecule has 1 aliphatic rings. The number of aryl methyl sites for hydroxylation is 1. The molecule has 0 spiro atoms. The third-order valence-electron chi connectivity index (χ3n) is 6.48. The molecule has 0 amide bonds. The van der Waals surface area contributed by atoms with Gasteiger partial charge in [-0.05, 0) is 37.8 Å². The van der Waals surface area contributed by atoms with Crippen molar-refractivity contribution in [2.45, 2.75) is 38.3 Å². The molecule has 0 radical (unpaired) electrons. The first-order valence-corrected chi connectivity index (χ1v) is 11.2. The molecule has 184 valence electrons. The largest absolute Gasteiger partial charge is 0.407 e. The first-order valence-electron chi connectivity index (χ1n) is 11.2. The Morgan fingerprint density at radius 2 is 1.97 bits per heavy atom. The van der Waals surface area contributed by atoms with Crippen molar-refractivity contribution < 1.29 is 13.6 Å². The van der Waals surface area contributed by atoms with E-state index in [0.717, 1.165) is 0 Å². The number of rotatable bonds is 6. The average Bonchev–Trinajstić information content (AvgIpc) is 2.90. The van der Waals surface area contributed by atoms with Crippen LogP contribution < -0.4 is 10.5 Å². The highest BCUT2D eigenvalue weighted by atomic mass is 19.3. The van der Waals surface area contributed by atoms with Crippen molar-refractivity contribution >= 4 is 22.4 Å². The smallest absolute Gasteiger partial charge is 0.369 e. The number of nitrogens with zero attached hydrogens (tertiary/aromatic N) is 8. The second-order valence-electron chi connectivity index (χ2n) is 8.43. The number of nitriles is 2. The van der Waals surface area contributed by atoms with Crippen LogP contribution in [0.2, 0.25) is 0 Å². The number of oxime groups is 1. The Bertz CT molecular complexity index is 1430. The van der Waals surface area contributed by atoms with Gasteiger partial charge in [0.05, 0.1) is 17.4 Å². The predicted molar refractivity (Wildman–Crippen MR) is 126 cm³/mol. The Labute approximate surface area is 205 Å². The van der Waals surface area contributed by atoms with E-state index in [-0.39, 0.29) is 23.2 Å². The van der Waals surface area contributed by atoms with Crippen molar-refractivity contribution in [3.8, 4) is 12.1 Å². The molecule has 3 heterocycles. The first kappa shape index (κ1) is 24.7.